The molecule has 0 bridgehead atoms. The largest absolute Gasteiger partial charge is 0.394 e. The summed E-state index contributed by atoms with van der Waals surface area (Å²) in [5.74, 6) is -0.0901. The van der Waals surface area contributed by atoms with E-state index in [1.807, 2.05) is 6.08 Å². The number of carbonyl (C=O) groups is 1. The number of allylic oxidation sites excluding steroid dienone is 7. The summed E-state index contributed by atoms with van der Waals surface area (Å²) in [5.41, 5.74) is 0. The van der Waals surface area contributed by atoms with Crippen molar-refractivity contribution in [3.8, 4) is 0 Å². The van der Waals surface area contributed by atoms with Crippen LogP contribution in [0, 0.1) is 0 Å². The maximum atomic E-state index is 12.3. The molecule has 2 unspecified atom stereocenters. The Morgan fingerprint density at radius 3 is 1.40 bits per heavy atom. The fourth-order valence-corrected chi connectivity index (χ4v) is 4.97. The van der Waals surface area contributed by atoms with Crippen molar-refractivity contribution in [2.24, 2.45) is 0 Å². The molecule has 0 fully saturated rings. The first kappa shape index (κ1) is 40.4. The lowest BCUT2D eigenvalue weighted by Gasteiger charge is -2.19. The van der Waals surface area contributed by atoms with Crippen molar-refractivity contribution in [1.82, 2.24) is 5.32 Å². The van der Waals surface area contributed by atoms with Crippen molar-refractivity contribution >= 4 is 5.91 Å². The third-order valence-electron chi connectivity index (χ3n) is 7.76. The van der Waals surface area contributed by atoms with E-state index in [4.69, 9.17) is 0 Å². The first-order valence-electron chi connectivity index (χ1n) is 17.9. The van der Waals surface area contributed by atoms with E-state index in [0.29, 0.717) is 6.42 Å². The van der Waals surface area contributed by atoms with Gasteiger partial charge in [-0.05, 0) is 70.6 Å². The molecule has 0 aliphatic carbocycles. The molecule has 3 N–H and O–H groups in total. The van der Waals surface area contributed by atoms with Crippen molar-refractivity contribution in [2.75, 3.05) is 6.61 Å². The van der Waals surface area contributed by atoms with E-state index in [1.54, 1.807) is 6.08 Å². The fraction of sp³-hybridized carbons (Fsp3) is 0.763. The lowest BCUT2D eigenvalue weighted by Crippen LogP contribution is -2.45. The number of amides is 1. The molecule has 0 aliphatic rings. The standard InChI is InChI=1S/C38H69NO3/c1-3-5-7-9-11-13-15-17-19-20-22-24-26-28-30-32-34-38(42)39-36(35-40)37(41)33-31-29-27-25-23-21-18-16-14-12-10-8-6-4-2/h14,16,19-20,23,25,31,33,36-37,40-41H,3-13,15,17-18,21-22,24,26-30,32,34-35H2,1-2H3,(H,39,42)/b16-14+,20-19-,25-23+,33-31+. The minimum absolute atomic E-state index is 0.0901. The first-order valence-corrected chi connectivity index (χ1v) is 17.9. The van der Waals surface area contributed by atoms with E-state index in [0.717, 1.165) is 51.4 Å². The Hall–Kier alpha value is -1.65. The van der Waals surface area contributed by atoms with Crippen LogP contribution in [0.25, 0.3) is 0 Å². The van der Waals surface area contributed by atoms with Crippen molar-refractivity contribution < 1.29 is 15.0 Å². The van der Waals surface area contributed by atoms with Crippen LogP contribution in [0.1, 0.15) is 168 Å². The van der Waals surface area contributed by atoms with Crippen molar-refractivity contribution in [2.45, 2.75) is 180 Å². The molecule has 0 spiro atoms. The van der Waals surface area contributed by atoms with Crippen LogP contribution < -0.4 is 5.32 Å². The Bertz CT molecular complexity index is 682. The normalized spacial score (nSPS) is 13.7. The zero-order valence-electron chi connectivity index (χ0n) is 27.8. The van der Waals surface area contributed by atoms with Crippen molar-refractivity contribution in [1.29, 1.82) is 0 Å². The molecular formula is C38H69NO3. The summed E-state index contributed by atoms with van der Waals surface area (Å²) in [7, 11) is 0. The monoisotopic (exact) mass is 588 g/mol. The summed E-state index contributed by atoms with van der Waals surface area (Å²) in [6, 6.07) is -0.647. The molecule has 4 heteroatoms. The van der Waals surface area contributed by atoms with Gasteiger partial charge in [-0.3, -0.25) is 4.79 Å². The average Bonchev–Trinajstić information content (AvgIpc) is 2.99. The molecular weight excluding hydrogens is 518 g/mol. The Kier molecular flexibility index (Phi) is 32.5. The lowest BCUT2D eigenvalue weighted by atomic mass is 10.1. The predicted molar refractivity (Wildman–Crippen MR) is 184 cm³/mol. The van der Waals surface area contributed by atoms with E-state index in [1.165, 1.54) is 96.3 Å². The van der Waals surface area contributed by atoms with Gasteiger partial charge < -0.3 is 15.5 Å². The predicted octanol–water partition coefficient (Wildman–Crippen LogP) is 10.5. The van der Waals surface area contributed by atoms with E-state index >= 15 is 0 Å². The maximum Gasteiger partial charge on any atom is 0.220 e. The summed E-state index contributed by atoms with van der Waals surface area (Å²) in [6.07, 6.45) is 44.7. The number of unbranched alkanes of at least 4 members (excludes halogenated alkanes) is 18. The second kappa shape index (κ2) is 33.8. The Balaban J connectivity index is 3.73. The summed E-state index contributed by atoms with van der Waals surface area (Å²) >= 11 is 0. The molecule has 0 rings (SSSR count). The Morgan fingerprint density at radius 2 is 0.929 bits per heavy atom. The van der Waals surface area contributed by atoms with Crippen LogP contribution in [0.5, 0.6) is 0 Å². The third-order valence-corrected chi connectivity index (χ3v) is 7.76. The van der Waals surface area contributed by atoms with Gasteiger partial charge in [-0.1, -0.05) is 140 Å². The number of aliphatic hydroxyl groups excluding tert-OH is 2. The van der Waals surface area contributed by atoms with Crippen LogP contribution in [0.2, 0.25) is 0 Å². The maximum absolute atomic E-state index is 12.3. The zero-order valence-corrected chi connectivity index (χ0v) is 27.8. The molecule has 0 saturated carbocycles. The van der Waals surface area contributed by atoms with E-state index in [9.17, 15) is 15.0 Å². The topological polar surface area (TPSA) is 69.6 Å². The number of rotatable bonds is 31. The molecule has 2 atom stereocenters. The van der Waals surface area contributed by atoms with Gasteiger partial charge in [0.2, 0.25) is 5.91 Å². The summed E-state index contributed by atoms with van der Waals surface area (Å²) in [5, 5.41) is 22.8. The summed E-state index contributed by atoms with van der Waals surface area (Å²) in [6.45, 7) is 4.24. The van der Waals surface area contributed by atoms with Gasteiger partial charge in [-0.2, -0.15) is 0 Å². The van der Waals surface area contributed by atoms with Gasteiger partial charge in [-0.15, -0.1) is 0 Å². The zero-order chi connectivity index (χ0) is 30.8. The first-order chi connectivity index (χ1) is 20.7. The second-order valence-corrected chi connectivity index (χ2v) is 11.9. The van der Waals surface area contributed by atoms with Crippen LogP contribution in [0.15, 0.2) is 48.6 Å². The molecule has 0 saturated heterocycles. The van der Waals surface area contributed by atoms with Gasteiger partial charge in [-0.25, -0.2) is 0 Å². The molecule has 0 aromatic heterocycles. The van der Waals surface area contributed by atoms with Gasteiger partial charge >= 0.3 is 0 Å². The SMILES string of the molecule is CCCCCC/C=C/CC/C=C/CC/C=C/C(O)C(CO)NC(=O)CCCCCCC/C=C\CCCCCCCCC. The van der Waals surface area contributed by atoms with Crippen LogP contribution in [-0.2, 0) is 4.79 Å². The highest BCUT2D eigenvalue weighted by Gasteiger charge is 2.17. The number of carbonyl (C=O) groups excluding carboxylic acids is 1. The number of nitrogens with one attached hydrogen (secondary N) is 1. The van der Waals surface area contributed by atoms with Gasteiger partial charge in [0.05, 0.1) is 18.8 Å². The number of aliphatic hydroxyl groups is 2. The average molecular weight is 588 g/mol. The minimum atomic E-state index is -0.871. The molecule has 0 aromatic rings. The molecule has 42 heavy (non-hydrogen) atoms. The second-order valence-electron chi connectivity index (χ2n) is 11.9. The smallest absolute Gasteiger partial charge is 0.220 e. The Labute approximate surface area is 261 Å². The highest BCUT2D eigenvalue weighted by Crippen LogP contribution is 2.11. The van der Waals surface area contributed by atoms with E-state index < -0.39 is 12.1 Å². The van der Waals surface area contributed by atoms with Crippen LogP contribution in [-0.4, -0.2) is 34.9 Å². The molecule has 244 valence electrons. The quantitative estimate of drug-likeness (QED) is 0.0558. The molecule has 0 aliphatic heterocycles. The molecule has 0 heterocycles. The van der Waals surface area contributed by atoms with E-state index in [2.05, 4.69) is 55.6 Å². The highest BCUT2D eigenvalue weighted by atomic mass is 16.3. The third kappa shape index (κ3) is 29.8. The van der Waals surface area contributed by atoms with Crippen LogP contribution in [0.4, 0.5) is 0 Å². The van der Waals surface area contributed by atoms with Gasteiger partial charge in [0.25, 0.3) is 0 Å². The van der Waals surface area contributed by atoms with Gasteiger partial charge in [0.1, 0.15) is 0 Å². The number of hydrogen-bond acceptors (Lipinski definition) is 3. The molecule has 4 nitrogen and oxygen atoms in total. The summed E-state index contributed by atoms with van der Waals surface area (Å²) < 4.78 is 0. The van der Waals surface area contributed by atoms with Crippen molar-refractivity contribution in [3.05, 3.63) is 48.6 Å². The van der Waals surface area contributed by atoms with Crippen LogP contribution in [0.3, 0.4) is 0 Å². The molecule has 0 radical (unpaired) electrons. The minimum Gasteiger partial charge on any atom is -0.394 e. The van der Waals surface area contributed by atoms with Gasteiger partial charge in [0.15, 0.2) is 0 Å². The highest BCUT2D eigenvalue weighted by molar-refractivity contribution is 5.76. The molecule has 0 aromatic carbocycles. The Morgan fingerprint density at radius 1 is 0.548 bits per heavy atom. The fourth-order valence-electron chi connectivity index (χ4n) is 4.97. The molecule has 1 amide bonds. The summed E-state index contributed by atoms with van der Waals surface area (Å²) in [4.78, 5) is 12.3. The van der Waals surface area contributed by atoms with Crippen molar-refractivity contribution in [3.63, 3.8) is 0 Å². The van der Waals surface area contributed by atoms with Crippen LogP contribution >= 0.6 is 0 Å². The number of hydrogen-bond donors (Lipinski definition) is 3. The lowest BCUT2D eigenvalue weighted by molar-refractivity contribution is -0.123. The van der Waals surface area contributed by atoms with Gasteiger partial charge in [0, 0.05) is 6.42 Å². The van der Waals surface area contributed by atoms with E-state index in [-0.39, 0.29) is 12.5 Å².